The van der Waals surface area contributed by atoms with E-state index in [2.05, 4.69) is 5.32 Å². The van der Waals surface area contributed by atoms with E-state index < -0.39 is 34.4 Å². The van der Waals surface area contributed by atoms with Gasteiger partial charge in [0, 0.05) is 5.56 Å². The zero-order valence-electron chi connectivity index (χ0n) is 13.7. The van der Waals surface area contributed by atoms with E-state index in [1.807, 2.05) is 0 Å². The fraction of sp³-hybridized carbons (Fsp3) is 0.0556. The number of thioether (sulfide) groups is 1. The largest absolute Gasteiger partial charge is 0.504 e. The lowest BCUT2D eigenvalue weighted by atomic mass is 10.1. The number of phenols is 1. The highest BCUT2D eigenvalue weighted by molar-refractivity contribution is 8.18. The zero-order valence-corrected chi connectivity index (χ0v) is 14.6. The molecule has 1 saturated heterocycles. The third-order valence-corrected chi connectivity index (χ3v) is 4.40. The van der Waals surface area contributed by atoms with Gasteiger partial charge in [-0.25, -0.2) is 0 Å². The van der Waals surface area contributed by atoms with Crippen molar-refractivity contribution in [3.63, 3.8) is 0 Å². The predicted molar refractivity (Wildman–Crippen MR) is 94.1 cm³/mol. The Morgan fingerprint density at radius 1 is 1.04 bits per heavy atom. The lowest BCUT2D eigenvalue weighted by Crippen LogP contribution is -2.17. The molecule has 0 spiro atoms. The number of hydrogen-bond acceptors (Lipinski definition) is 6. The number of ether oxygens (including phenoxy) is 1. The molecule has 0 radical (unpaired) electrons. The van der Waals surface area contributed by atoms with Crippen molar-refractivity contribution in [2.75, 3.05) is 0 Å². The van der Waals surface area contributed by atoms with Crippen molar-refractivity contribution in [2.45, 2.75) is 6.18 Å². The second kappa shape index (κ2) is 7.39. The first-order chi connectivity index (χ1) is 13.2. The van der Waals surface area contributed by atoms with E-state index in [0.29, 0.717) is 23.4 Å². The van der Waals surface area contributed by atoms with E-state index in [1.165, 1.54) is 24.3 Å². The summed E-state index contributed by atoms with van der Waals surface area (Å²) in [4.78, 5) is 33.5. The molecule has 6 nitrogen and oxygen atoms in total. The molecule has 2 aromatic carbocycles. The lowest BCUT2D eigenvalue weighted by Gasteiger charge is -2.15. The Hall–Kier alpha value is -3.27. The monoisotopic (exact) mass is 409 g/mol. The smallest absolute Gasteiger partial charge is 0.420 e. The van der Waals surface area contributed by atoms with Gasteiger partial charge in [-0.3, -0.25) is 19.7 Å². The van der Waals surface area contributed by atoms with Gasteiger partial charge >= 0.3 is 6.18 Å². The van der Waals surface area contributed by atoms with Crippen LogP contribution in [-0.4, -0.2) is 22.5 Å². The van der Waals surface area contributed by atoms with Crippen LogP contribution in [0.15, 0.2) is 41.3 Å². The normalized spacial score (nSPS) is 15.6. The number of carbonyl (C=O) groups excluding carboxylic acids is 3. The van der Waals surface area contributed by atoms with Gasteiger partial charge in [-0.05, 0) is 53.7 Å². The Kier molecular flexibility index (Phi) is 5.14. The van der Waals surface area contributed by atoms with E-state index in [4.69, 9.17) is 4.74 Å². The van der Waals surface area contributed by atoms with Crippen molar-refractivity contribution in [2.24, 2.45) is 0 Å². The van der Waals surface area contributed by atoms with Crippen LogP contribution in [0.25, 0.3) is 6.08 Å². The SMILES string of the molecule is O=Cc1ccc(Oc2ccc(/C=C3\SC(=O)NC3=O)cc2O)c(C(F)(F)F)c1. The van der Waals surface area contributed by atoms with Gasteiger partial charge in [0.15, 0.2) is 11.5 Å². The lowest BCUT2D eigenvalue weighted by molar-refractivity contribution is -0.138. The number of rotatable bonds is 4. The number of aromatic hydroxyl groups is 1. The van der Waals surface area contributed by atoms with Crippen molar-refractivity contribution >= 4 is 35.3 Å². The van der Waals surface area contributed by atoms with Crippen LogP contribution in [0.3, 0.4) is 0 Å². The molecule has 2 aromatic rings. The molecule has 0 atom stereocenters. The van der Waals surface area contributed by atoms with Crippen LogP contribution in [0.2, 0.25) is 0 Å². The van der Waals surface area contributed by atoms with Crippen molar-refractivity contribution in [3.8, 4) is 17.2 Å². The van der Waals surface area contributed by atoms with Crippen molar-refractivity contribution in [1.29, 1.82) is 0 Å². The first kappa shape index (κ1) is 19.5. The number of hydrogen-bond donors (Lipinski definition) is 2. The molecule has 2 amide bonds. The molecule has 3 rings (SSSR count). The van der Waals surface area contributed by atoms with Gasteiger partial charge in [0.2, 0.25) is 0 Å². The number of alkyl halides is 3. The van der Waals surface area contributed by atoms with Crippen LogP contribution in [-0.2, 0) is 11.0 Å². The minimum absolute atomic E-state index is 0.113. The van der Waals surface area contributed by atoms with E-state index in [0.717, 1.165) is 12.1 Å². The highest BCUT2D eigenvalue weighted by atomic mass is 32.2. The number of phenolic OH excluding ortho intramolecular Hbond substituents is 1. The summed E-state index contributed by atoms with van der Waals surface area (Å²) in [5, 5.41) is 11.6. The first-order valence-corrected chi connectivity index (χ1v) is 8.41. The molecule has 0 aromatic heterocycles. The Bertz CT molecular complexity index is 1020. The van der Waals surface area contributed by atoms with Crippen LogP contribution in [0, 0.1) is 0 Å². The predicted octanol–water partition coefficient (Wildman–Crippen LogP) is 4.34. The molecule has 0 aliphatic carbocycles. The Morgan fingerprint density at radius 2 is 1.71 bits per heavy atom. The maximum absolute atomic E-state index is 13.2. The zero-order chi connectivity index (χ0) is 20.5. The number of benzene rings is 2. The first-order valence-electron chi connectivity index (χ1n) is 7.59. The second-order valence-electron chi connectivity index (χ2n) is 5.55. The Morgan fingerprint density at radius 3 is 2.29 bits per heavy atom. The van der Waals surface area contributed by atoms with Gasteiger partial charge in [0.25, 0.3) is 11.1 Å². The highest BCUT2D eigenvalue weighted by Gasteiger charge is 2.35. The number of imide groups is 1. The van der Waals surface area contributed by atoms with Crippen molar-refractivity contribution in [3.05, 3.63) is 58.0 Å². The molecule has 10 heteroatoms. The summed E-state index contributed by atoms with van der Waals surface area (Å²) in [6.07, 6.45) is -3.15. The molecular formula is C18H10F3NO5S. The number of carbonyl (C=O) groups is 3. The minimum Gasteiger partial charge on any atom is -0.504 e. The summed E-state index contributed by atoms with van der Waals surface area (Å²) < 4.78 is 44.8. The number of amides is 2. The van der Waals surface area contributed by atoms with Crippen LogP contribution < -0.4 is 10.1 Å². The van der Waals surface area contributed by atoms with E-state index in [-0.39, 0.29) is 22.5 Å². The van der Waals surface area contributed by atoms with Gasteiger partial charge in [0.1, 0.15) is 12.0 Å². The second-order valence-corrected chi connectivity index (χ2v) is 6.57. The van der Waals surface area contributed by atoms with E-state index >= 15 is 0 Å². The average molecular weight is 409 g/mol. The maximum Gasteiger partial charge on any atom is 0.420 e. The molecule has 0 saturated carbocycles. The number of nitrogens with one attached hydrogen (secondary N) is 1. The summed E-state index contributed by atoms with van der Waals surface area (Å²) in [5.41, 5.74) is -1.00. The van der Waals surface area contributed by atoms with Crippen molar-refractivity contribution in [1.82, 2.24) is 5.32 Å². The van der Waals surface area contributed by atoms with E-state index in [9.17, 15) is 32.7 Å². The van der Waals surface area contributed by atoms with Gasteiger partial charge in [0.05, 0.1) is 10.5 Å². The molecule has 144 valence electrons. The summed E-state index contributed by atoms with van der Waals surface area (Å²) in [7, 11) is 0. The van der Waals surface area contributed by atoms with Gasteiger partial charge in [-0.1, -0.05) is 6.07 Å². The number of halogens is 3. The average Bonchev–Trinajstić information content (AvgIpc) is 2.93. The topological polar surface area (TPSA) is 92.7 Å². The standard InChI is InChI=1S/C18H10F3NO5S/c19-18(20,21)11-5-10(8-23)2-3-13(11)27-14-4-1-9(6-12(14)24)7-15-16(25)22-17(26)28-15/h1-8,24H,(H,22,25,26)/b15-7-. The fourth-order valence-electron chi connectivity index (χ4n) is 2.33. The maximum atomic E-state index is 13.2. The van der Waals surface area contributed by atoms with Crippen LogP contribution in [0.4, 0.5) is 18.0 Å². The molecular weight excluding hydrogens is 399 g/mol. The molecule has 1 aliphatic rings. The van der Waals surface area contributed by atoms with Crippen LogP contribution in [0.5, 0.6) is 17.2 Å². The van der Waals surface area contributed by atoms with Gasteiger partial charge in [-0.2, -0.15) is 13.2 Å². The Balaban J connectivity index is 1.90. The quantitative estimate of drug-likeness (QED) is 0.577. The molecule has 2 N–H and O–H groups in total. The summed E-state index contributed by atoms with van der Waals surface area (Å²) >= 11 is 0.684. The highest BCUT2D eigenvalue weighted by Crippen LogP contribution is 2.40. The van der Waals surface area contributed by atoms with Crippen molar-refractivity contribution < 1.29 is 37.4 Å². The fourth-order valence-corrected chi connectivity index (χ4v) is 3.01. The third-order valence-electron chi connectivity index (χ3n) is 3.59. The van der Waals surface area contributed by atoms with Gasteiger partial charge < -0.3 is 9.84 Å². The van der Waals surface area contributed by atoms with Gasteiger partial charge in [-0.15, -0.1) is 0 Å². The molecule has 1 aliphatic heterocycles. The van der Waals surface area contributed by atoms with E-state index in [1.54, 1.807) is 0 Å². The molecule has 0 bridgehead atoms. The van der Waals surface area contributed by atoms with Crippen LogP contribution >= 0.6 is 11.8 Å². The molecule has 0 unspecified atom stereocenters. The Labute approximate surface area is 160 Å². The summed E-state index contributed by atoms with van der Waals surface area (Å²) in [6, 6.07) is 6.56. The summed E-state index contributed by atoms with van der Waals surface area (Å²) in [6.45, 7) is 0. The molecule has 1 heterocycles. The minimum atomic E-state index is -4.77. The van der Waals surface area contributed by atoms with Crippen LogP contribution in [0.1, 0.15) is 21.5 Å². The molecule has 1 fully saturated rings. The number of aldehydes is 1. The summed E-state index contributed by atoms with van der Waals surface area (Å²) in [5.74, 6) is -1.90. The third kappa shape index (κ3) is 4.17. The molecule has 28 heavy (non-hydrogen) atoms.